The van der Waals surface area contributed by atoms with Gasteiger partial charge < -0.3 is 14.7 Å². The molecule has 34 heavy (non-hydrogen) atoms. The van der Waals surface area contributed by atoms with Crippen molar-refractivity contribution in [2.24, 2.45) is 11.7 Å². The molecule has 4 N–H and O–H groups in total. The number of carbonyl (C=O) groups excluding carboxylic acids is 3. The van der Waals surface area contributed by atoms with E-state index in [1.807, 2.05) is 30.3 Å². The van der Waals surface area contributed by atoms with Crippen LogP contribution in [0.2, 0.25) is 18.1 Å². The molecule has 1 fully saturated rings. The minimum Gasteiger partial charge on any atom is -0.405 e. The fraction of sp³-hybridized carbons (Fsp3) is 0.500. The normalized spacial score (nSPS) is 19.1. The van der Waals surface area contributed by atoms with Gasteiger partial charge in [0.2, 0.25) is 5.91 Å². The molecule has 0 radical (unpaired) electrons. The summed E-state index contributed by atoms with van der Waals surface area (Å²) in [4.78, 5) is 36.9. The number of aromatic nitrogens is 1. The third-order valence-corrected chi connectivity index (χ3v) is 11.4. The molecule has 2 aromatic rings. The largest absolute Gasteiger partial charge is 0.405 e. The summed E-state index contributed by atoms with van der Waals surface area (Å²) in [5, 5.41) is 3.84. The van der Waals surface area contributed by atoms with Crippen LogP contribution in [0.5, 0.6) is 0 Å². The first-order chi connectivity index (χ1) is 15.8. The highest BCUT2D eigenvalue weighted by Crippen LogP contribution is 2.46. The molecule has 0 spiro atoms. The van der Waals surface area contributed by atoms with Crippen molar-refractivity contribution in [1.29, 1.82) is 0 Å². The van der Waals surface area contributed by atoms with E-state index in [9.17, 15) is 14.4 Å². The summed E-state index contributed by atoms with van der Waals surface area (Å²) in [7, 11) is -2.12. The Morgan fingerprint density at radius 1 is 1.15 bits per heavy atom. The first kappa shape index (κ1) is 25.6. The number of hydrogen-bond donors (Lipinski definition) is 3. The predicted molar refractivity (Wildman–Crippen MR) is 130 cm³/mol. The number of benzene rings is 1. The van der Waals surface area contributed by atoms with E-state index in [0.717, 1.165) is 5.56 Å². The Bertz CT molecular complexity index is 1060. The number of nitrogens with two attached hydrogens (primary N) is 1. The Morgan fingerprint density at radius 2 is 1.76 bits per heavy atom. The summed E-state index contributed by atoms with van der Waals surface area (Å²) in [6, 6.07) is 9.33. The third-order valence-electron chi connectivity index (χ3n) is 6.87. The molecule has 0 aliphatic heterocycles. The van der Waals surface area contributed by atoms with E-state index >= 15 is 0 Å². The molecule has 0 bridgehead atoms. The molecular weight excluding hydrogens is 452 g/mol. The van der Waals surface area contributed by atoms with Gasteiger partial charge in [-0.15, -0.1) is 0 Å². The van der Waals surface area contributed by atoms with E-state index in [0.29, 0.717) is 24.2 Å². The highest BCUT2D eigenvalue weighted by atomic mass is 28.4. The van der Waals surface area contributed by atoms with Gasteiger partial charge in [-0.1, -0.05) is 56.3 Å². The number of carbonyl (C=O) groups is 3. The van der Waals surface area contributed by atoms with E-state index in [2.05, 4.69) is 49.9 Å². The zero-order chi connectivity index (χ0) is 25.3. The molecule has 9 nitrogen and oxygen atoms in total. The molecule has 3 rings (SSSR count). The summed E-state index contributed by atoms with van der Waals surface area (Å²) in [6.07, 6.45) is 0.289. The van der Waals surface area contributed by atoms with Crippen LogP contribution in [-0.2, 0) is 14.0 Å². The zero-order valence-corrected chi connectivity index (χ0v) is 21.6. The Kier molecular flexibility index (Phi) is 7.32. The second-order valence-electron chi connectivity index (χ2n) is 10.4. The number of rotatable bonds is 7. The van der Waals surface area contributed by atoms with Crippen molar-refractivity contribution < 1.29 is 23.3 Å². The second-order valence-corrected chi connectivity index (χ2v) is 15.1. The van der Waals surface area contributed by atoms with Crippen molar-refractivity contribution in [1.82, 2.24) is 16.0 Å². The summed E-state index contributed by atoms with van der Waals surface area (Å²) >= 11 is 0. The van der Waals surface area contributed by atoms with Crippen LogP contribution in [0.15, 0.2) is 34.9 Å². The van der Waals surface area contributed by atoms with Crippen molar-refractivity contribution in [3.63, 3.8) is 0 Å². The van der Waals surface area contributed by atoms with Gasteiger partial charge >= 0.3 is 0 Å². The number of nitrogens with zero attached hydrogens (tertiary/aromatic N) is 1. The molecule has 3 amide bonds. The third kappa shape index (κ3) is 5.39. The molecule has 1 atom stereocenters. The molecule has 1 aliphatic rings. The first-order valence-corrected chi connectivity index (χ1v) is 14.3. The zero-order valence-electron chi connectivity index (χ0n) is 20.6. The van der Waals surface area contributed by atoms with Crippen molar-refractivity contribution >= 4 is 26.0 Å². The minimum absolute atomic E-state index is 0.0317. The lowest BCUT2D eigenvalue weighted by atomic mass is 9.70. The van der Waals surface area contributed by atoms with Gasteiger partial charge in [-0.05, 0) is 43.8 Å². The van der Waals surface area contributed by atoms with Gasteiger partial charge in [0.1, 0.15) is 6.10 Å². The van der Waals surface area contributed by atoms with Gasteiger partial charge in [-0.25, -0.2) is 0 Å². The predicted octanol–water partition coefficient (Wildman–Crippen LogP) is 3.49. The molecular formula is C24H34N4O5Si. The van der Waals surface area contributed by atoms with E-state index in [-0.39, 0.29) is 28.5 Å². The average molecular weight is 487 g/mol. The molecule has 1 saturated carbocycles. The smallest absolute Gasteiger partial charge is 0.271 e. The number of hydrogen-bond acceptors (Lipinski definition) is 6. The average Bonchev–Trinajstić information content (AvgIpc) is 3.15. The highest BCUT2D eigenvalue weighted by molar-refractivity contribution is 6.74. The summed E-state index contributed by atoms with van der Waals surface area (Å²) in [6.45, 7) is 12.1. The van der Waals surface area contributed by atoms with Gasteiger partial charge in [-0.3, -0.25) is 25.2 Å². The van der Waals surface area contributed by atoms with Crippen LogP contribution in [-0.4, -0.2) is 37.3 Å². The first-order valence-electron chi connectivity index (χ1n) is 11.4. The van der Waals surface area contributed by atoms with Gasteiger partial charge in [0.15, 0.2) is 19.8 Å². The van der Waals surface area contributed by atoms with E-state index in [4.69, 9.17) is 14.7 Å². The maximum Gasteiger partial charge on any atom is 0.271 e. The molecule has 1 heterocycles. The monoisotopic (exact) mass is 486 g/mol. The Morgan fingerprint density at radius 3 is 2.32 bits per heavy atom. The van der Waals surface area contributed by atoms with Crippen LogP contribution in [0.4, 0.5) is 0 Å². The summed E-state index contributed by atoms with van der Waals surface area (Å²) < 4.78 is 11.5. The SMILES string of the molecule is C[C@H](O[Si](C)(C)C(C)(C)C)C(=O)NNC(=O)C1CC(c2c(C(N)=O)noc2-c2ccccc2)C1. The summed E-state index contributed by atoms with van der Waals surface area (Å²) in [5.41, 5.74) is 12.0. The van der Waals surface area contributed by atoms with E-state index in [1.54, 1.807) is 6.92 Å². The van der Waals surface area contributed by atoms with Crippen molar-refractivity contribution in [3.8, 4) is 11.3 Å². The lowest BCUT2D eigenvalue weighted by Gasteiger charge is -2.38. The Labute approximate surface area is 200 Å². The fourth-order valence-electron chi connectivity index (χ4n) is 3.72. The molecule has 1 aliphatic carbocycles. The molecule has 1 aromatic carbocycles. The molecule has 184 valence electrons. The van der Waals surface area contributed by atoms with Crippen LogP contribution >= 0.6 is 0 Å². The Balaban J connectivity index is 1.58. The molecule has 0 saturated heterocycles. The van der Waals surface area contributed by atoms with Crippen LogP contribution in [0.3, 0.4) is 0 Å². The molecule has 1 aromatic heterocycles. The molecule has 10 heteroatoms. The van der Waals surface area contributed by atoms with Crippen LogP contribution in [0.1, 0.15) is 62.5 Å². The number of amides is 3. The quantitative estimate of drug-likeness (QED) is 0.405. The minimum atomic E-state index is -2.12. The topological polar surface area (TPSA) is 137 Å². The van der Waals surface area contributed by atoms with Gasteiger partial charge in [0.05, 0.1) is 0 Å². The number of primary amides is 1. The summed E-state index contributed by atoms with van der Waals surface area (Å²) in [5.74, 6) is -1.28. The number of nitrogens with one attached hydrogen (secondary N) is 2. The van der Waals surface area contributed by atoms with Crippen LogP contribution < -0.4 is 16.6 Å². The van der Waals surface area contributed by atoms with E-state index < -0.39 is 26.2 Å². The van der Waals surface area contributed by atoms with Crippen molar-refractivity contribution in [3.05, 3.63) is 41.6 Å². The van der Waals surface area contributed by atoms with Gasteiger partial charge in [0.25, 0.3) is 11.8 Å². The lowest BCUT2D eigenvalue weighted by Crippen LogP contribution is -2.53. The maximum atomic E-state index is 12.6. The second kappa shape index (κ2) is 9.71. The van der Waals surface area contributed by atoms with Crippen LogP contribution in [0, 0.1) is 5.92 Å². The van der Waals surface area contributed by atoms with E-state index in [1.165, 1.54) is 0 Å². The van der Waals surface area contributed by atoms with Crippen molar-refractivity contribution in [2.45, 2.75) is 70.7 Å². The van der Waals surface area contributed by atoms with Gasteiger partial charge in [-0.2, -0.15) is 0 Å². The highest BCUT2D eigenvalue weighted by Gasteiger charge is 2.42. The Hall–Kier alpha value is -2.98. The maximum absolute atomic E-state index is 12.6. The lowest BCUT2D eigenvalue weighted by molar-refractivity contribution is -0.136. The van der Waals surface area contributed by atoms with Gasteiger partial charge in [0, 0.05) is 17.0 Å². The van der Waals surface area contributed by atoms with Crippen molar-refractivity contribution in [2.75, 3.05) is 0 Å². The number of hydrazine groups is 1. The fourth-order valence-corrected chi connectivity index (χ4v) is 5.06. The van der Waals surface area contributed by atoms with Crippen LogP contribution in [0.25, 0.3) is 11.3 Å². The standard InChI is InChI=1S/C24H34N4O5Si/c1-14(33-34(5,6)24(2,3)4)22(30)26-27-23(31)17-12-16(13-17)18-19(21(25)29)28-32-20(18)15-10-8-7-9-11-15/h7-11,14,16-17H,12-13H2,1-6H3,(H2,25,29)(H,26,30)(H,27,31)/t14-,16?,17?/m0/s1. The molecule has 0 unspecified atom stereocenters.